The predicted octanol–water partition coefficient (Wildman–Crippen LogP) is 2.58. The summed E-state index contributed by atoms with van der Waals surface area (Å²) in [6, 6.07) is 11.7. The Bertz CT molecular complexity index is 552. The van der Waals surface area contributed by atoms with Crippen molar-refractivity contribution in [1.29, 1.82) is 0 Å². The second-order valence-electron chi connectivity index (χ2n) is 4.42. The highest BCUT2D eigenvalue weighted by atomic mass is 16.5. The van der Waals surface area contributed by atoms with E-state index < -0.39 is 0 Å². The van der Waals surface area contributed by atoms with Gasteiger partial charge in [-0.25, -0.2) is 0 Å². The minimum atomic E-state index is 0.408. The fraction of sp³-hybridized carbons (Fsp3) is 0.214. The van der Waals surface area contributed by atoms with Gasteiger partial charge in [-0.2, -0.15) is 0 Å². The van der Waals surface area contributed by atoms with Gasteiger partial charge in [-0.1, -0.05) is 12.1 Å². The van der Waals surface area contributed by atoms with Gasteiger partial charge in [-0.15, -0.1) is 0 Å². The van der Waals surface area contributed by atoms with E-state index in [0.717, 1.165) is 35.5 Å². The van der Waals surface area contributed by atoms with Crippen molar-refractivity contribution >= 4 is 5.69 Å². The fourth-order valence-electron chi connectivity index (χ4n) is 1.79. The Morgan fingerprint density at radius 2 is 2.11 bits per heavy atom. The van der Waals surface area contributed by atoms with Gasteiger partial charge in [-0.05, 0) is 37.1 Å². The molecule has 0 bridgehead atoms. The first-order valence-corrected chi connectivity index (χ1v) is 6.05. The fourth-order valence-corrected chi connectivity index (χ4v) is 1.79. The van der Waals surface area contributed by atoms with E-state index in [0.29, 0.717) is 6.10 Å². The Morgan fingerprint density at radius 3 is 2.89 bits per heavy atom. The quantitative estimate of drug-likeness (QED) is 0.638. The third-order valence-corrected chi connectivity index (χ3v) is 2.88. The molecule has 1 aromatic heterocycles. The van der Waals surface area contributed by atoms with Crippen LogP contribution in [0.1, 0.15) is 12.8 Å². The lowest BCUT2D eigenvalue weighted by Gasteiger charge is -2.07. The molecule has 0 spiro atoms. The van der Waals surface area contributed by atoms with Gasteiger partial charge in [0.25, 0.3) is 0 Å². The van der Waals surface area contributed by atoms with Gasteiger partial charge in [0.2, 0.25) is 0 Å². The Balaban J connectivity index is 1.89. The molecule has 1 aromatic carbocycles. The van der Waals surface area contributed by atoms with Gasteiger partial charge >= 0.3 is 0 Å². The van der Waals surface area contributed by atoms with Crippen molar-refractivity contribution in [3.8, 4) is 17.0 Å². The van der Waals surface area contributed by atoms with Crippen LogP contribution in [0.3, 0.4) is 0 Å². The molecule has 1 aliphatic carbocycles. The number of pyridine rings is 1. The Kier molecular flexibility index (Phi) is 2.86. The number of nitrogens with one attached hydrogen (secondary N) is 1. The summed E-state index contributed by atoms with van der Waals surface area (Å²) >= 11 is 0. The molecular weight excluding hydrogens is 226 g/mol. The Hall–Kier alpha value is -2.07. The van der Waals surface area contributed by atoms with Crippen LogP contribution in [0.5, 0.6) is 5.75 Å². The third kappa shape index (κ3) is 2.43. The predicted molar refractivity (Wildman–Crippen MR) is 71.1 cm³/mol. The standard InChI is InChI=1S/C14H15N3O/c15-17-11-6-7-16-14(9-11)10-2-1-3-13(8-10)18-12-4-5-12/h1-3,6-9,12H,4-5,15H2,(H,16,17). The second-order valence-corrected chi connectivity index (χ2v) is 4.42. The molecule has 1 fully saturated rings. The van der Waals surface area contributed by atoms with Crippen molar-refractivity contribution in [1.82, 2.24) is 4.98 Å². The highest BCUT2D eigenvalue weighted by Crippen LogP contribution is 2.29. The summed E-state index contributed by atoms with van der Waals surface area (Å²) in [6.45, 7) is 0. The van der Waals surface area contributed by atoms with Crippen LogP contribution in [0, 0.1) is 0 Å². The maximum atomic E-state index is 5.78. The molecule has 1 aliphatic rings. The maximum absolute atomic E-state index is 5.78. The lowest BCUT2D eigenvalue weighted by atomic mass is 10.1. The van der Waals surface area contributed by atoms with Crippen molar-refractivity contribution in [2.45, 2.75) is 18.9 Å². The number of rotatable bonds is 4. The lowest BCUT2D eigenvalue weighted by molar-refractivity contribution is 0.303. The summed E-state index contributed by atoms with van der Waals surface area (Å²) in [7, 11) is 0. The van der Waals surface area contributed by atoms with E-state index in [-0.39, 0.29) is 0 Å². The zero-order valence-corrected chi connectivity index (χ0v) is 9.97. The molecule has 0 amide bonds. The van der Waals surface area contributed by atoms with Gasteiger partial charge in [0.1, 0.15) is 5.75 Å². The molecule has 4 heteroatoms. The summed E-state index contributed by atoms with van der Waals surface area (Å²) in [5, 5.41) is 0. The summed E-state index contributed by atoms with van der Waals surface area (Å²) in [5.74, 6) is 6.30. The number of anilines is 1. The average molecular weight is 241 g/mol. The summed E-state index contributed by atoms with van der Waals surface area (Å²) in [4.78, 5) is 4.34. The molecule has 0 atom stereocenters. The normalized spacial score (nSPS) is 14.3. The largest absolute Gasteiger partial charge is 0.490 e. The molecule has 1 heterocycles. The van der Waals surface area contributed by atoms with Crippen LogP contribution >= 0.6 is 0 Å². The summed E-state index contributed by atoms with van der Waals surface area (Å²) in [6.07, 6.45) is 4.47. The minimum Gasteiger partial charge on any atom is -0.490 e. The molecule has 4 nitrogen and oxygen atoms in total. The zero-order valence-electron chi connectivity index (χ0n) is 9.97. The number of aromatic nitrogens is 1. The minimum absolute atomic E-state index is 0.408. The topological polar surface area (TPSA) is 60.2 Å². The number of ether oxygens (including phenoxy) is 1. The van der Waals surface area contributed by atoms with Gasteiger partial charge in [-0.3, -0.25) is 10.8 Å². The van der Waals surface area contributed by atoms with Crippen LogP contribution < -0.4 is 16.0 Å². The third-order valence-electron chi connectivity index (χ3n) is 2.88. The molecule has 92 valence electrons. The summed E-state index contributed by atoms with van der Waals surface area (Å²) in [5.41, 5.74) is 5.38. The first-order valence-electron chi connectivity index (χ1n) is 6.05. The Labute approximate surface area is 106 Å². The molecule has 2 aromatic rings. The van der Waals surface area contributed by atoms with Gasteiger partial charge in [0.15, 0.2) is 0 Å². The first kappa shape index (κ1) is 11.0. The number of benzene rings is 1. The van der Waals surface area contributed by atoms with E-state index in [1.165, 1.54) is 0 Å². The van der Waals surface area contributed by atoms with Crippen molar-refractivity contribution in [3.05, 3.63) is 42.6 Å². The molecule has 3 N–H and O–H groups in total. The summed E-state index contributed by atoms with van der Waals surface area (Å²) < 4.78 is 5.78. The van der Waals surface area contributed by atoms with E-state index in [1.807, 2.05) is 36.4 Å². The van der Waals surface area contributed by atoms with E-state index in [4.69, 9.17) is 10.6 Å². The Morgan fingerprint density at radius 1 is 1.22 bits per heavy atom. The first-order chi connectivity index (χ1) is 8.85. The van der Waals surface area contributed by atoms with Crippen LogP contribution in [-0.4, -0.2) is 11.1 Å². The van der Waals surface area contributed by atoms with E-state index in [9.17, 15) is 0 Å². The molecule has 18 heavy (non-hydrogen) atoms. The monoisotopic (exact) mass is 241 g/mol. The maximum Gasteiger partial charge on any atom is 0.120 e. The van der Waals surface area contributed by atoms with Gasteiger partial charge in [0, 0.05) is 11.8 Å². The number of nitrogen functional groups attached to an aromatic ring is 1. The van der Waals surface area contributed by atoms with Crippen molar-refractivity contribution in [3.63, 3.8) is 0 Å². The zero-order chi connectivity index (χ0) is 12.4. The molecule has 3 rings (SSSR count). The van der Waals surface area contributed by atoms with Crippen LogP contribution in [0.15, 0.2) is 42.6 Å². The van der Waals surface area contributed by atoms with Crippen LogP contribution in [0.25, 0.3) is 11.3 Å². The highest BCUT2D eigenvalue weighted by molar-refractivity contribution is 5.65. The van der Waals surface area contributed by atoms with Crippen LogP contribution in [0.4, 0.5) is 5.69 Å². The molecule has 0 saturated heterocycles. The number of hydrogen-bond donors (Lipinski definition) is 2. The average Bonchev–Trinajstić information content (AvgIpc) is 3.23. The molecule has 0 aliphatic heterocycles. The lowest BCUT2D eigenvalue weighted by Crippen LogP contribution is -2.06. The number of hydrogen-bond acceptors (Lipinski definition) is 4. The smallest absolute Gasteiger partial charge is 0.120 e. The van der Waals surface area contributed by atoms with Crippen molar-refractivity contribution in [2.24, 2.45) is 5.84 Å². The SMILES string of the molecule is NNc1ccnc(-c2cccc(OC3CC3)c2)c1. The number of nitrogens with zero attached hydrogens (tertiary/aromatic N) is 1. The number of nitrogens with two attached hydrogens (primary N) is 1. The van der Waals surface area contributed by atoms with Crippen molar-refractivity contribution in [2.75, 3.05) is 5.43 Å². The molecule has 0 unspecified atom stereocenters. The van der Waals surface area contributed by atoms with E-state index in [2.05, 4.69) is 10.4 Å². The molecule has 0 radical (unpaired) electrons. The molecule has 1 saturated carbocycles. The van der Waals surface area contributed by atoms with Crippen LogP contribution in [0.2, 0.25) is 0 Å². The van der Waals surface area contributed by atoms with Crippen molar-refractivity contribution < 1.29 is 4.74 Å². The highest BCUT2D eigenvalue weighted by Gasteiger charge is 2.23. The van der Waals surface area contributed by atoms with Gasteiger partial charge in [0.05, 0.1) is 17.5 Å². The van der Waals surface area contributed by atoms with Crippen LogP contribution in [-0.2, 0) is 0 Å². The second kappa shape index (κ2) is 4.66. The van der Waals surface area contributed by atoms with Gasteiger partial charge < -0.3 is 10.2 Å². The van der Waals surface area contributed by atoms with E-state index >= 15 is 0 Å². The number of hydrazine groups is 1. The van der Waals surface area contributed by atoms with E-state index in [1.54, 1.807) is 6.20 Å². The molecular formula is C14H15N3O.